The molecule has 0 fully saturated rings. The standard InChI is InChI=1S/C18H27NO4S/c1-17(2,3)15-19-14(12-8-10-13(22-7)11-9-12)24(20,21)16(23-15)18(4,5)6/h8-11,15-16H,1-7H3. The monoisotopic (exact) mass is 353 g/mol. The van der Waals surface area contributed by atoms with Gasteiger partial charge in [-0.05, 0) is 24.3 Å². The van der Waals surface area contributed by atoms with E-state index in [2.05, 4.69) is 4.99 Å². The minimum absolute atomic E-state index is 0.0938. The summed E-state index contributed by atoms with van der Waals surface area (Å²) in [6, 6.07) is 6.92. The maximum atomic E-state index is 13.1. The average molecular weight is 353 g/mol. The van der Waals surface area contributed by atoms with Gasteiger partial charge in [0.25, 0.3) is 0 Å². The van der Waals surface area contributed by atoms with Gasteiger partial charge in [-0.3, -0.25) is 0 Å². The number of nitrogens with zero attached hydrogens (tertiary/aromatic N) is 1. The van der Waals surface area contributed by atoms with Crippen molar-refractivity contribution in [3.05, 3.63) is 29.8 Å². The quantitative estimate of drug-likeness (QED) is 0.814. The van der Waals surface area contributed by atoms with Crippen LogP contribution in [0, 0.1) is 10.8 Å². The van der Waals surface area contributed by atoms with E-state index in [1.165, 1.54) is 0 Å². The zero-order valence-corrected chi connectivity index (χ0v) is 16.3. The lowest BCUT2D eigenvalue weighted by Crippen LogP contribution is -2.49. The molecule has 5 nitrogen and oxygen atoms in total. The summed E-state index contributed by atoms with van der Waals surface area (Å²) < 4.78 is 37.3. The molecular formula is C18H27NO4S. The van der Waals surface area contributed by atoms with E-state index in [1.54, 1.807) is 31.4 Å². The lowest BCUT2D eigenvalue weighted by atomic mass is 9.93. The number of hydrogen-bond donors (Lipinski definition) is 0. The molecular weight excluding hydrogens is 326 g/mol. The summed E-state index contributed by atoms with van der Waals surface area (Å²) in [4.78, 5) is 4.46. The predicted molar refractivity (Wildman–Crippen MR) is 96.0 cm³/mol. The molecule has 0 spiro atoms. The van der Waals surface area contributed by atoms with Gasteiger partial charge >= 0.3 is 0 Å². The summed E-state index contributed by atoms with van der Waals surface area (Å²) in [6.45, 7) is 11.6. The van der Waals surface area contributed by atoms with Crippen LogP contribution in [0.5, 0.6) is 5.75 Å². The largest absolute Gasteiger partial charge is 0.497 e. The van der Waals surface area contributed by atoms with Crippen LogP contribution in [-0.4, -0.2) is 32.2 Å². The summed E-state index contributed by atoms with van der Waals surface area (Å²) >= 11 is 0. The molecule has 1 aliphatic rings. The maximum Gasteiger partial charge on any atom is 0.223 e. The number of benzene rings is 1. The second kappa shape index (κ2) is 6.15. The highest BCUT2D eigenvalue weighted by Gasteiger charge is 2.48. The van der Waals surface area contributed by atoms with Crippen LogP contribution >= 0.6 is 0 Å². The molecule has 0 N–H and O–H groups in total. The van der Waals surface area contributed by atoms with Crippen molar-refractivity contribution in [1.29, 1.82) is 0 Å². The first-order valence-corrected chi connectivity index (χ1v) is 9.53. The van der Waals surface area contributed by atoms with E-state index in [0.29, 0.717) is 11.3 Å². The summed E-state index contributed by atoms with van der Waals surface area (Å²) in [5.74, 6) is 0.670. The van der Waals surface area contributed by atoms with Crippen LogP contribution in [0.1, 0.15) is 47.1 Å². The van der Waals surface area contributed by atoms with Gasteiger partial charge in [0, 0.05) is 16.4 Å². The van der Waals surface area contributed by atoms with Gasteiger partial charge in [-0.25, -0.2) is 13.4 Å². The Balaban J connectivity index is 2.61. The third-order valence-corrected chi connectivity index (χ3v) is 6.09. The summed E-state index contributed by atoms with van der Waals surface area (Å²) in [5.41, 5.74) is -1.25. The molecule has 0 amide bonds. The molecule has 0 saturated heterocycles. The second-order valence-corrected chi connectivity index (χ2v) is 10.2. The summed E-state index contributed by atoms with van der Waals surface area (Å²) in [6.07, 6.45) is -0.526. The van der Waals surface area contributed by atoms with E-state index in [1.807, 2.05) is 41.5 Å². The third-order valence-electron chi connectivity index (χ3n) is 3.82. The average Bonchev–Trinajstić information content (AvgIpc) is 2.44. The molecule has 1 aromatic carbocycles. The van der Waals surface area contributed by atoms with Crippen LogP contribution in [0.4, 0.5) is 0 Å². The van der Waals surface area contributed by atoms with Crippen LogP contribution < -0.4 is 4.74 Å². The predicted octanol–water partition coefficient (Wildman–Crippen LogP) is 3.63. The summed E-state index contributed by atoms with van der Waals surface area (Å²) in [5, 5.41) is 0.0938. The van der Waals surface area contributed by atoms with Crippen molar-refractivity contribution in [3.63, 3.8) is 0 Å². The van der Waals surface area contributed by atoms with Crippen LogP contribution in [0.15, 0.2) is 29.3 Å². The molecule has 0 bridgehead atoms. The second-order valence-electron chi connectivity index (χ2n) is 8.26. The number of rotatable bonds is 2. The van der Waals surface area contributed by atoms with Crippen LogP contribution in [-0.2, 0) is 14.6 Å². The van der Waals surface area contributed by atoms with Gasteiger partial charge in [-0.2, -0.15) is 0 Å². The Labute approximate surface area is 145 Å². The molecule has 0 aromatic heterocycles. The van der Waals surface area contributed by atoms with Gasteiger partial charge in [0.05, 0.1) is 7.11 Å². The first-order valence-electron chi connectivity index (χ1n) is 7.99. The fourth-order valence-corrected chi connectivity index (χ4v) is 4.63. The topological polar surface area (TPSA) is 65.0 Å². The Morgan fingerprint density at radius 1 is 1.00 bits per heavy atom. The minimum Gasteiger partial charge on any atom is -0.497 e. The van der Waals surface area contributed by atoms with Crippen molar-refractivity contribution < 1.29 is 17.9 Å². The number of ether oxygens (including phenoxy) is 2. The molecule has 134 valence electrons. The lowest BCUT2D eigenvalue weighted by Gasteiger charge is -2.40. The first-order chi connectivity index (χ1) is 10.9. The Kier molecular flexibility index (Phi) is 4.85. The first kappa shape index (κ1) is 18.9. The van der Waals surface area contributed by atoms with Crippen molar-refractivity contribution in [2.45, 2.75) is 53.2 Å². The summed E-state index contributed by atoms with van der Waals surface area (Å²) in [7, 11) is -2.13. The fourth-order valence-electron chi connectivity index (χ4n) is 2.54. The lowest BCUT2D eigenvalue weighted by molar-refractivity contribution is -0.0661. The third kappa shape index (κ3) is 3.64. The van der Waals surface area contributed by atoms with Crippen LogP contribution in [0.25, 0.3) is 0 Å². The van der Waals surface area contributed by atoms with Crippen molar-refractivity contribution in [3.8, 4) is 5.75 Å². The van der Waals surface area contributed by atoms with Crippen molar-refractivity contribution in [2.24, 2.45) is 15.8 Å². The molecule has 6 heteroatoms. The highest BCUT2D eigenvalue weighted by atomic mass is 32.2. The normalized spacial score (nSPS) is 24.4. The highest BCUT2D eigenvalue weighted by molar-refractivity contribution is 8.07. The van der Waals surface area contributed by atoms with Gasteiger partial charge < -0.3 is 9.47 Å². The Morgan fingerprint density at radius 3 is 1.96 bits per heavy atom. The van der Waals surface area contributed by atoms with Gasteiger partial charge in [0.2, 0.25) is 9.84 Å². The van der Waals surface area contributed by atoms with Gasteiger partial charge in [-0.1, -0.05) is 41.5 Å². The molecule has 1 heterocycles. The molecule has 2 atom stereocenters. The maximum absolute atomic E-state index is 13.1. The Hall–Kier alpha value is -1.40. The minimum atomic E-state index is -3.70. The zero-order valence-electron chi connectivity index (χ0n) is 15.5. The molecule has 0 aliphatic carbocycles. The van der Waals surface area contributed by atoms with E-state index in [-0.39, 0.29) is 10.5 Å². The Morgan fingerprint density at radius 2 is 1.54 bits per heavy atom. The van der Waals surface area contributed by atoms with Crippen molar-refractivity contribution in [2.75, 3.05) is 7.11 Å². The number of hydrogen-bond acceptors (Lipinski definition) is 5. The molecule has 0 saturated carbocycles. The van der Waals surface area contributed by atoms with E-state index in [9.17, 15) is 8.42 Å². The number of sulfone groups is 1. The van der Waals surface area contributed by atoms with E-state index in [4.69, 9.17) is 9.47 Å². The highest BCUT2D eigenvalue weighted by Crippen LogP contribution is 2.38. The van der Waals surface area contributed by atoms with Gasteiger partial charge in [0.15, 0.2) is 16.7 Å². The van der Waals surface area contributed by atoms with E-state index >= 15 is 0 Å². The molecule has 24 heavy (non-hydrogen) atoms. The molecule has 1 aliphatic heterocycles. The van der Waals surface area contributed by atoms with E-state index < -0.39 is 26.9 Å². The van der Waals surface area contributed by atoms with Crippen LogP contribution in [0.3, 0.4) is 0 Å². The van der Waals surface area contributed by atoms with Gasteiger partial charge in [-0.15, -0.1) is 0 Å². The van der Waals surface area contributed by atoms with Gasteiger partial charge in [0.1, 0.15) is 5.75 Å². The molecule has 2 rings (SSSR count). The molecule has 0 radical (unpaired) electrons. The van der Waals surface area contributed by atoms with Crippen LogP contribution in [0.2, 0.25) is 0 Å². The SMILES string of the molecule is COc1ccc(C2=NC(C(C)(C)C)OC(C(C)(C)C)S2(=O)=O)cc1. The number of methoxy groups -OCH3 is 1. The van der Waals surface area contributed by atoms with Crippen molar-refractivity contribution >= 4 is 14.9 Å². The molecule has 2 unspecified atom stereocenters. The number of aliphatic imine (C=N–C) groups is 1. The smallest absolute Gasteiger partial charge is 0.223 e. The Bertz CT molecular complexity index is 722. The fraction of sp³-hybridized carbons (Fsp3) is 0.611. The molecule has 1 aromatic rings. The zero-order chi connectivity index (χ0) is 18.3. The van der Waals surface area contributed by atoms with Crippen molar-refractivity contribution in [1.82, 2.24) is 0 Å². The van der Waals surface area contributed by atoms with E-state index in [0.717, 1.165) is 0 Å².